The van der Waals surface area contributed by atoms with Crippen molar-refractivity contribution in [3.8, 4) is 11.1 Å². The Kier molecular flexibility index (Phi) is 5.46. The van der Waals surface area contributed by atoms with Crippen LogP contribution in [0.2, 0.25) is 0 Å². The smallest absolute Gasteiger partial charge is 0.159 e. The molecule has 0 spiro atoms. The van der Waals surface area contributed by atoms with Crippen molar-refractivity contribution in [3.05, 3.63) is 101 Å². The van der Waals surface area contributed by atoms with Crippen molar-refractivity contribution < 1.29 is 22.0 Å². The van der Waals surface area contributed by atoms with Crippen LogP contribution in [-0.4, -0.2) is 11.8 Å². The van der Waals surface area contributed by atoms with Crippen LogP contribution < -0.4 is 0 Å². The topological polar surface area (TPSA) is 0 Å². The normalized spacial score (nSPS) is 23.5. The Morgan fingerprint density at radius 2 is 1.48 bits per heavy atom. The summed E-state index contributed by atoms with van der Waals surface area (Å²) in [6.07, 6.45) is -0.894. The van der Waals surface area contributed by atoms with E-state index in [0.29, 0.717) is 5.56 Å². The van der Waals surface area contributed by atoms with Gasteiger partial charge in [0, 0.05) is 12.0 Å². The Hall–Kier alpha value is -2.95. The quantitative estimate of drug-likeness (QED) is 0.375. The molecule has 5 heteroatoms. The molecule has 0 heterocycles. The van der Waals surface area contributed by atoms with Crippen molar-refractivity contribution in [1.82, 2.24) is 0 Å². The average molecular weight is 428 g/mol. The predicted molar refractivity (Wildman–Crippen MR) is 113 cm³/mol. The summed E-state index contributed by atoms with van der Waals surface area (Å²) in [5.41, 5.74) is 0.843. The van der Waals surface area contributed by atoms with Gasteiger partial charge in [-0.05, 0) is 60.4 Å². The van der Waals surface area contributed by atoms with E-state index in [0.717, 1.165) is 23.3 Å². The minimum Gasteiger partial charge on any atom is -0.243 e. The van der Waals surface area contributed by atoms with Crippen LogP contribution in [0.4, 0.5) is 22.0 Å². The minimum absolute atomic E-state index is 0.0295. The molecule has 0 radical (unpaired) electrons. The molecule has 1 aliphatic rings. The molecule has 31 heavy (non-hydrogen) atoms. The molecule has 0 saturated heterocycles. The molecule has 160 valence electrons. The number of hydrogen-bond donors (Lipinski definition) is 0. The van der Waals surface area contributed by atoms with Crippen LogP contribution >= 0.6 is 0 Å². The summed E-state index contributed by atoms with van der Waals surface area (Å²) in [5.74, 6) is -4.13. The maximum Gasteiger partial charge on any atom is 0.159 e. The van der Waals surface area contributed by atoms with Crippen molar-refractivity contribution in [3.63, 3.8) is 0 Å². The van der Waals surface area contributed by atoms with Crippen LogP contribution in [0.1, 0.15) is 36.0 Å². The van der Waals surface area contributed by atoms with Crippen LogP contribution in [0.15, 0.2) is 66.7 Å². The Labute approximate surface area is 178 Å². The van der Waals surface area contributed by atoms with E-state index in [1.54, 1.807) is 6.07 Å². The van der Waals surface area contributed by atoms with E-state index < -0.39 is 35.2 Å². The fourth-order valence-electron chi connectivity index (χ4n) is 4.28. The summed E-state index contributed by atoms with van der Waals surface area (Å²) < 4.78 is 72.4. The second-order valence-electron chi connectivity index (χ2n) is 8.30. The van der Waals surface area contributed by atoms with E-state index in [4.69, 9.17) is 0 Å². The maximum absolute atomic E-state index is 15.5. The summed E-state index contributed by atoms with van der Waals surface area (Å²) in [5, 5.41) is 0. The lowest BCUT2D eigenvalue weighted by molar-refractivity contribution is 0.104. The fraction of sp³-hybridized carbons (Fsp3) is 0.231. The Balaban J connectivity index is 1.68. The Morgan fingerprint density at radius 3 is 2.10 bits per heavy atom. The van der Waals surface area contributed by atoms with E-state index >= 15 is 8.78 Å². The van der Waals surface area contributed by atoms with Crippen molar-refractivity contribution in [2.24, 2.45) is 0 Å². The summed E-state index contributed by atoms with van der Waals surface area (Å²) in [6, 6.07) is 15.1. The zero-order valence-electron chi connectivity index (χ0n) is 17.1. The molecule has 1 aliphatic carbocycles. The largest absolute Gasteiger partial charge is 0.243 e. The lowest BCUT2D eigenvalue weighted by Crippen LogP contribution is -2.37. The van der Waals surface area contributed by atoms with Crippen molar-refractivity contribution in [2.75, 3.05) is 0 Å². The fourth-order valence-corrected chi connectivity index (χ4v) is 4.28. The molecule has 3 aromatic carbocycles. The van der Waals surface area contributed by atoms with Gasteiger partial charge in [0.15, 0.2) is 11.6 Å². The molecular formula is C26H21F5. The predicted octanol–water partition coefficient (Wildman–Crippen LogP) is 7.72. The van der Waals surface area contributed by atoms with Gasteiger partial charge in [-0.25, -0.2) is 22.0 Å². The molecule has 0 aliphatic heterocycles. The van der Waals surface area contributed by atoms with Gasteiger partial charge in [0.2, 0.25) is 0 Å². The third-order valence-corrected chi connectivity index (χ3v) is 5.87. The zero-order valence-corrected chi connectivity index (χ0v) is 17.1. The number of allylic oxidation sites excluding steroid dienone is 2. The van der Waals surface area contributed by atoms with Crippen LogP contribution in [0.25, 0.3) is 16.7 Å². The van der Waals surface area contributed by atoms with Gasteiger partial charge in [-0.3, -0.25) is 0 Å². The molecule has 0 fully saturated rings. The second-order valence-corrected chi connectivity index (χ2v) is 8.30. The first-order valence-corrected chi connectivity index (χ1v) is 10.0. The number of alkyl halides is 2. The molecule has 3 atom stereocenters. The molecule has 0 saturated carbocycles. The number of rotatable bonds is 3. The van der Waals surface area contributed by atoms with Gasteiger partial charge < -0.3 is 0 Å². The lowest BCUT2D eigenvalue weighted by Gasteiger charge is -2.37. The Morgan fingerprint density at radius 1 is 0.806 bits per heavy atom. The van der Waals surface area contributed by atoms with Gasteiger partial charge in [0.1, 0.15) is 17.7 Å². The van der Waals surface area contributed by atoms with Gasteiger partial charge >= 0.3 is 0 Å². The van der Waals surface area contributed by atoms with Crippen molar-refractivity contribution in [2.45, 2.75) is 38.0 Å². The van der Waals surface area contributed by atoms with Crippen LogP contribution in [-0.2, 0) is 0 Å². The highest BCUT2D eigenvalue weighted by molar-refractivity contribution is 5.73. The molecule has 0 N–H and O–H groups in total. The molecular weight excluding hydrogens is 407 g/mol. The van der Waals surface area contributed by atoms with Gasteiger partial charge in [0.25, 0.3) is 0 Å². The molecule has 4 rings (SSSR count). The lowest BCUT2D eigenvalue weighted by atomic mass is 9.72. The van der Waals surface area contributed by atoms with E-state index in [9.17, 15) is 13.2 Å². The zero-order chi connectivity index (χ0) is 22.3. The highest BCUT2D eigenvalue weighted by atomic mass is 19.2. The van der Waals surface area contributed by atoms with Crippen LogP contribution in [0.3, 0.4) is 0 Å². The third-order valence-electron chi connectivity index (χ3n) is 5.87. The average Bonchev–Trinajstić information content (AvgIpc) is 2.70. The maximum atomic E-state index is 15.5. The first-order valence-electron chi connectivity index (χ1n) is 10.0. The van der Waals surface area contributed by atoms with Crippen molar-refractivity contribution in [1.29, 1.82) is 0 Å². The highest BCUT2D eigenvalue weighted by Crippen LogP contribution is 2.47. The van der Waals surface area contributed by atoms with Gasteiger partial charge in [-0.15, -0.1) is 0 Å². The molecule has 0 nitrogen and oxygen atoms in total. The van der Waals surface area contributed by atoms with Crippen molar-refractivity contribution >= 4 is 5.57 Å². The Bertz CT molecular complexity index is 1140. The first kappa shape index (κ1) is 21.3. The monoisotopic (exact) mass is 428 g/mol. The van der Waals surface area contributed by atoms with Crippen LogP contribution in [0, 0.1) is 24.4 Å². The van der Waals surface area contributed by atoms with Crippen LogP contribution in [0.5, 0.6) is 0 Å². The summed E-state index contributed by atoms with van der Waals surface area (Å²) in [7, 11) is 0. The SMILES string of the molecule is Cc1ccc(-c2ccc(C3=C[C@H](F)C(c4ccc(F)c(F)c4)C(C)(F)C3)c(F)c2)cc1. The molecule has 3 aromatic rings. The van der Waals surface area contributed by atoms with E-state index in [2.05, 4.69) is 0 Å². The van der Waals surface area contributed by atoms with E-state index in [1.807, 2.05) is 31.2 Å². The summed E-state index contributed by atoms with van der Waals surface area (Å²) in [4.78, 5) is 0. The number of aryl methyl sites for hydroxylation is 1. The molecule has 0 amide bonds. The summed E-state index contributed by atoms with van der Waals surface area (Å²) in [6.45, 7) is 3.16. The van der Waals surface area contributed by atoms with Gasteiger partial charge in [0.05, 0.1) is 5.92 Å². The number of benzene rings is 3. The standard InChI is InChI=1S/C26H21F5/c1-15-3-5-16(6-4-15)17-7-9-20(22(28)11-17)19-13-24(30)25(26(2,31)14-19)18-8-10-21(27)23(29)12-18/h3-13,24-25H,14H2,1-2H3/t24-,25?,26?/m0/s1. The number of halogens is 5. The molecule has 2 unspecified atom stereocenters. The van der Waals surface area contributed by atoms with Gasteiger partial charge in [-0.1, -0.05) is 48.0 Å². The summed E-state index contributed by atoms with van der Waals surface area (Å²) >= 11 is 0. The van der Waals surface area contributed by atoms with E-state index in [1.165, 1.54) is 31.2 Å². The van der Waals surface area contributed by atoms with E-state index in [-0.39, 0.29) is 23.1 Å². The molecule has 0 aromatic heterocycles. The minimum atomic E-state index is -2.12. The number of hydrogen-bond acceptors (Lipinski definition) is 0. The second kappa shape index (κ2) is 7.95. The highest BCUT2D eigenvalue weighted by Gasteiger charge is 2.45. The molecule has 0 bridgehead atoms. The van der Waals surface area contributed by atoms with Gasteiger partial charge in [-0.2, -0.15) is 0 Å². The first-order chi connectivity index (χ1) is 14.7. The third kappa shape index (κ3) is 4.14.